The second-order valence-electron chi connectivity index (χ2n) is 7.54. The molecule has 2 N–H and O–H groups in total. The average molecular weight is 282 g/mol. The fraction of sp³-hybridized carbons (Fsp3) is 0.938. The van der Waals surface area contributed by atoms with Crippen LogP contribution in [0.25, 0.3) is 0 Å². The Balaban J connectivity index is 1.76. The van der Waals surface area contributed by atoms with Crippen LogP contribution >= 0.6 is 0 Å². The van der Waals surface area contributed by atoms with Crippen molar-refractivity contribution < 1.29 is 9.53 Å². The highest BCUT2D eigenvalue weighted by Gasteiger charge is 2.32. The maximum absolute atomic E-state index is 11.9. The zero-order valence-electron chi connectivity index (χ0n) is 13.4. The highest BCUT2D eigenvalue weighted by molar-refractivity contribution is 5.68. The molecule has 0 spiro atoms. The largest absolute Gasteiger partial charge is 0.444 e. The van der Waals surface area contributed by atoms with E-state index in [4.69, 9.17) is 4.74 Å². The molecule has 1 amide bonds. The number of alkyl carbamates (subject to hydrolysis) is 1. The number of carbonyl (C=O) groups is 1. The van der Waals surface area contributed by atoms with Crippen LogP contribution in [0.15, 0.2) is 0 Å². The van der Waals surface area contributed by atoms with Gasteiger partial charge in [0.05, 0.1) is 0 Å². The average Bonchev–Trinajstić information content (AvgIpc) is 2.98. The topological polar surface area (TPSA) is 50.4 Å². The molecule has 2 rings (SSSR count). The predicted octanol–water partition coefficient (Wildman–Crippen LogP) is 3.21. The summed E-state index contributed by atoms with van der Waals surface area (Å²) in [5.74, 6) is 0.941. The third kappa shape index (κ3) is 5.31. The molecular formula is C16H30N2O2. The van der Waals surface area contributed by atoms with E-state index in [1.54, 1.807) is 0 Å². The number of hydrogen-bond donors (Lipinski definition) is 2. The maximum Gasteiger partial charge on any atom is 0.407 e. The first kappa shape index (κ1) is 15.6. The zero-order chi connectivity index (χ0) is 14.8. The van der Waals surface area contributed by atoms with Gasteiger partial charge in [0.1, 0.15) is 5.60 Å². The summed E-state index contributed by atoms with van der Waals surface area (Å²) in [5, 5.41) is 6.73. The summed E-state index contributed by atoms with van der Waals surface area (Å²) in [6, 6.07) is 1.16. The van der Waals surface area contributed by atoms with Crippen LogP contribution in [0.5, 0.6) is 0 Å². The summed E-state index contributed by atoms with van der Waals surface area (Å²) >= 11 is 0. The molecule has 0 aromatic heterocycles. The van der Waals surface area contributed by atoms with Crippen LogP contribution in [0.4, 0.5) is 4.79 Å². The fourth-order valence-electron chi connectivity index (χ4n) is 3.08. The van der Waals surface area contributed by atoms with Gasteiger partial charge in [0.15, 0.2) is 0 Å². The molecule has 2 fully saturated rings. The number of carbonyl (C=O) groups excluding carboxylic acids is 1. The van der Waals surface area contributed by atoms with Gasteiger partial charge in [0.2, 0.25) is 0 Å². The molecule has 0 aliphatic heterocycles. The summed E-state index contributed by atoms with van der Waals surface area (Å²) in [4.78, 5) is 11.9. The van der Waals surface area contributed by atoms with E-state index >= 15 is 0 Å². The Hall–Kier alpha value is -0.770. The van der Waals surface area contributed by atoms with Crippen molar-refractivity contribution in [2.45, 2.75) is 89.9 Å². The normalized spacial score (nSPS) is 28.2. The molecule has 0 heterocycles. The lowest BCUT2D eigenvalue weighted by Gasteiger charge is -2.27. The van der Waals surface area contributed by atoms with Gasteiger partial charge in [-0.25, -0.2) is 4.79 Å². The Morgan fingerprint density at radius 2 is 1.85 bits per heavy atom. The van der Waals surface area contributed by atoms with Gasteiger partial charge in [-0.2, -0.15) is 0 Å². The number of amides is 1. The predicted molar refractivity (Wildman–Crippen MR) is 80.7 cm³/mol. The van der Waals surface area contributed by atoms with Gasteiger partial charge in [0, 0.05) is 18.1 Å². The van der Waals surface area contributed by atoms with E-state index in [0.717, 1.165) is 18.8 Å². The van der Waals surface area contributed by atoms with Crippen molar-refractivity contribution in [3.63, 3.8) is 0 Å². The molecule has 3 atom stereocenters. The summed E-state index contributed by atoms with van der Waals surface area (Å²) in [5.41, 5.74) is -0.426. The lowest BCUT2D eigenvalue weighted by Crippen LogP contribution is -2.50. The van der Waals surface area contributed by atoms with E-state index < -0.39 is 5.60 Å². The van der Waals surface area contributed by atoms with Gasteiger partial charge >= 0.3 is 6.09 Å². The van der Waals surface area contributed by atoms with Crippen molar-refractivity contribution >= 4 is 6.09 Å². The Morgan fingerprint density at radius 1 is 1.20 bits per heavy atom. The van der Waals surface area contributed by atoms with Gasteiger partial charge in [-0.05, 0) is 59.3 Å². The summed E-state index contributed by atoms with van der Waals surface area (Å²) in [7, 11) is 0. The second-order valence-corrected chi connectivity index (χ2v) is 7.54. The minimum atomic E-state index is -0.426. The molecule has 0 aromatic rings. The third-order valence-electron chi connectivity index (χ3n) is 4.10. The monoisotopic (exact) mass is 282 g/mol. The molecule has 0 aromatic carbocycles. The Bertz CT molecular complexity index is 334. The van der Waals surface area contributed by atoms with Crippen molar-refractivity contribution in [2.75, 3.05) is 0 Å². The quantitative estimate of drug-likeness (QED) is 0.814. The minimum absolute atomic E-state index is 0.214. The Kier molecular flexibility index (Phi) is 4.95. The molecule has 0 radical (unpaired) electrons. The highest BCUT2D eigenvalue weighted by Crippen LogP contribution is 2.33. The van der Waals surface area contributed by atoms with Crippen molar-refractivity contribution in [1.82, 2.24) is 10.6 Å². The standard InChI is InChI=1S/C16H30N2O2/c1-11(10-12-8-9-12)17-13-6-5-7-14(13)18-15(19)20-16(2,3)4/h11-14,17H,5-10H2,1-4H3,(H,18,19). The number of rotatable bonds is 5. The molecular weight excluding hydrogens is 252 g/mol. The van der Waals surface area contributed by atoms with E-state index in [1.165, 1.54) is 25.7 Å². The number of hydrogen-bond acceptors (Lipinski definition) is 3. The van der Waals surface area contributed by atoms with Crippen LogP contribution in [0.3, 0.4) is 0 Å². The van der Waals surface area contributed by atoms with Gasteiger partial charge in [-0.15, -0.1) is 0 Å². The van der Waals surface area contributed by atoms with E-state index in [2.05, 4.69) is 17.6 Å². The first-order chi connectivity index (χ1) is 9.33. The molecule has 2 saturated carbocycles. The lowest BCUT2D eigenvalue weighted by atomic mass is 10.1. The molecule has 2 aliphatic rings. The summed E-state index contributed by atoms with van der Waals surface area (Å²) in [6.45, 7) is 7.96. The van der Waals surface area contributed by atoms with Crippen LogP contribution in [-0.2, 0) is 4.74 Å². The first-order valence-corrected chi connectivity index (χ1v) is 8.09. The number of ether oxygens (including phenoxy) is 1. The van der Waals surface area contributed by atoms with Crippen molar-refractivity contribution in [2.24, 2.45) is 5.92 Å². The highest BCUT2D eigenvalue weighted by atomic mass is 16.6. The third-order valence-corrected chi connectivity index (χ3v) is 4.10. The molecule has 116 valence electrons. The molecule has 3 unspecified atom stereocenters. The van der Waals surface area contributed by atoms with E-state index in [9.17, 15) is 4.79 Å². The molecule has 2 aliphatic carbocycles. The maximum atomic E-state index is 11.9. The minimum Gasteiger partial charge on any atom is -0.444 e. The van der Waals surface area contributed by atoms with Gasteiger partial charge in [-0.1, -0.05) is 12.8 Å². The van der Waals surface area contributed by atoms with E-state index in [-0.39, 0.29) is 12.1 Å². The first-order valence-electron chi connectivity index (χ1n) is 8.09. The molecule has 0 bridgehead atoms. The molecule has 4 nitrogen and oxygen atoms in total. The van der Waals surface area contributed by atoms with E-state index in [0.29, 0.717) is 12.1 Å². The molecule has 4 heteroatoms. The van der Waals surface area contributed by atoms with Gasteiger partial charge in [-0.3, -0.25) is 0 Å². The van der Waals surface area contributed by atoms with E-state index in [1.807, 2.05) is 20.8 Å². The summed E-state index contributed by atoms with van der Waals surface area (Å²) < 4.78 is 5.35. The SMILES string of the molecule is CC(CC1CC1)NC1CCCC1NC(=O)OC(C)(C)C. The van der Waals surface area contributed by atoms with Crippen LogP contribution in [0.2, 0.25) is 0 Å². The molecule has 0 saturated heterocycles. The van der Waals surface area contributed by atoms with Crippen LogP contribution in [-0.4, -0.2) is 29.8 Å². The Labute approximate surface area is 123 Å². The fourth-order valence-corrected chi connectivity index (χ4v) is 3.08. The van der Waals surface area contributed by atoms with Crippen LogP contribution in [0, 0.1) is 5.92 Å². The van der Waals surface area contributed by atoms with Gasteiger partial charge < -0.3 is 15.4 Å². The van der Waals surface area contributed by atoms with Crippen LogP contribution in [0.1, 0.15) is 66.2 Å². The molecule has 20 heavy (non-hydrogen) atoms. The second kappa shape index (κ2) is 6.33. The van der Waals surface area contributed by atoms with Crippen molar-refractivity contribution in [3.05, 3.63) is 0 Å². The van der Waals surface area contributed by atoms with Crippen LogP contribution < -0.4 is 10.6 Å². The summed E-state index contributed by atoms with van der Waals surface area (Å²) in [6.07, 6.45) is 7.16. The lowest BCUT2D eigenvalue weighted by molar-refractivity contribution is 0.0496. The Morgan fingerprint density at radius 3 is 2.45 bits per heavy atom. The number of nitrogens with one attached hydrogen (secondary N) is 2. The van der Waals surface area contributed by atoms with Crippen molar-refractivity contribution in [1.29, 1.82) is 0 Å². The van der Waals surface area contributed by atoms with Crippen molar-refractivity contribution in [3.8, 4) is 0 Å². The smallest absolute Gasteiger partial charge is 0.407 e. The zero-order valence-corrected chi connectivity index (χ0v) is 13.4. The van der Waals surface area contributed by atoms with Gasteiger partial charge in [0.25, 0.3) is 0 Å².